The first-order chi connectivity index (χ1) is 14.8. The van der Waals surface area contributed by atoms with Gasteiger partial charge in [-0.2, -0.15) is 0 Å². The van der Waals surface area contributed by atoms with Crippen LogP contribution in [0.1, 0.15) is 64.5 Å². The molecule has 0 fully saturated rings. The van der Waals surface area contributed by atoms with E-state index in [1.807, 2.05) is 62.4 Å². The van der Waals surface area contributed by atoms with E-state index in [9.17, 15) is 16.8 Å². The second-order valence-corrected chi connectivity index (χ2v) is 13.6. The normalized spacial score (nSPS) is 14.6. The van der Waals surface area contributed by atoms with Crippen molar-refractivity contribution in [1.82, 2.24) is 9.44 Å². The largest absolute Gasteiger partial charge is 0.214 e. The Balaban J connectivity index is 2.01. The first-order valence-corrected chi connectivity index (χ1v) is 14.1. The maximum atomic E-state index is 12.0. The summed E-state index contributed by atoms with van der Waals surface area (Å²) in [6.45, 7) is 11.4. The summed E-state index contributed by atoms with van der Waals surface area (Å²) in [5.41, 5.74) is 4.29. The smallest absolute Gasteiger partial charge is 0.213 e. The molecule has 0 aliphatic heterocycles. The van der Waals surface area contributed by atoms with E-state index in [0.717, 1.165) is 22.3 Å². The van der Waals surface area contributed by atoms with Gasteiger partial charge in [-0.15, -0.1) is 0 Å². The zero-order valence-corrected chi connectivity index (χ0v) is 21.4. The van der Waals surface area contributed by atoms with Crippen molar-refractivity contribution < 1.29 is 16.8 Å². The second-order valence-electron chi connectivity index (χ2n) is 8.93. The van der Waals surface area contributed by atoms with Crippen LogP contribution in [0.15, 0.2) is 48.5 Å². The highest BCUT2D eigenvalue weighted by Gasteiger charge is 2.18. The monoisotopic (exact) mass is 480 g/mol. The predicted molar refractivity (Wildman–Crippen MR) is 133 cm³/mol. The molecular weight excluding hydrogens is 444 g/mol. The fourth-order valence-electron chi connectivity index (χ4n) is 3.06. The molecule has 0 saturated carbocycles. The molecule has 8 heteroatoms. The lowest BCUT2D eigenvalue weighted by Gasteiger charge is -2.16. The predicted octanol–water partition coefficient (Wildman–Crippen LogP) is 4.22. The van der Waals surface area contributed by atoms with Gasteiger partial charge in [-0.05, 0) is 61.8 Å². The first-order valence-electron chi connectivity index (χ1n) is 11.0. The quantitative estimate of drug-likeness (QED) is 0.504. The summed E-state index contributed by atoms with van der Waals surface area (Å²) >= 11 is 0. The standard InChI is InChI=1S/C24H36N2O4S2/c1-17(2)31(27,28)25-15-19(5)21-7-11-23(12-8-21)24-13-9-22(10-14-24)20(6)16-26-32(29,30)18(3)4/h7-14,17-20,25-26H,15-16H2,1-6H3/t19-,20-/m0/s1. The van der Waals surface area contributed by atoms with Crippen molar-refractivity contribution >= 4 is 20.0 Å². The molecule has 6 nitrogen and oxygen atoms in total. The van der Waals surface area contributed by atoms with E-state index in [4.69, 9.17) is 0 Å². The molecular formula is C24H36N2O4S2. The summed E-state index contributed by atoms with van der Waals surface area (Å²) in [4.78, 5) is 0. The van der Waals surface area contributed by atoms with E-state index in [-0.39, 0.29) is 11.8 Å². The molecule has 0 spiro atoms. The van der Waals surface area contributed by atoms with Crippen molar-refractivity contribution in [2.45, 2.75) is 63.9 Å². The third-order valence-electron chi connectivity index (χ3n) is 5.72. The van der Waals surface area contributed by atoms with E-state index in [1.54, 1.807) is 27.7 Å². The van der Waals surface area contributed by atoms with Gasteiger partial charge in [0.05, 0.1) is 10.5 Å². The van der Waals surface area contributed by atoms with E-state index in [1.165, 1.54) is 0 Å². The lowest BCUT2D eigenvalue weighted by molar-refractivity contribution is 0.564. The maximum absolute atomic E-state index is 12.0. The van der Waals surface area contributed by atoms with Crippen molar-refractivity contribution in [3.63, 3.8) is 0 Å². The molecule has 0 unspecified atom stereocenters. The molecule has 0 aliphatic rings. The van der Waals surface area contributed by atoms with Gasteiger partial charge in [0.2, 0.25) is 20.0 Å². The van der Waals surface area contributed by atoms with Crippen LogP contribution in [0.5, 0.6) is 0 Å². The Kier molecular flexibility index (Phi) is 9.05. The van der Waals surface area contributed by atoms with Crippen molar-refractivity contribution in [3.05, 3.63) is 59.7 Å². The summed E-state index contributed by atoms with van der Waals surface area (Å²) in [6, 6.07) is 16.3. The Hall–Kier alpha value is -1.74. The zero-order valence-electron chi connectivity index (χ0n) is 19.8. The van der Waals surface area contributed by atoms with E-state index >= 15 is 0 Å². The van der Waals surface area contributed by atoms with Crippen LogP contribution < -0.4 is 9.44 Å². The summed E-state index contributed by atoms with van der Waals surface area (Å²) in [5, 5.41) is -0.892. The van der Waals surface area contributed by atoms with Gasteiger partial charge in [0, 0.05) is 13.1 Å². The minimum Gasteiger partial charge on any atom is -0.214 e. The molecule has 2 aromatic carbocycles. The first kappa shape index (κ1) is 26.5. The Bertz CT molecular complexity index is 986. The fraction of sp³-hybridized carbons (Fsp3) is 0.500. The minimum atomic E-state index is -3.27. The van der Waals surface area contributed by atoms with Crippen LogP contribution in [0, 0.1) is 0 Å². The Labute approximate surface area is 193 Å². The Morgan fingerprint density at radius 1 is 0.562 bits per heavy atom. The molecule has 2 rings (SSSR count). The number of nitrogens with one attached hydrogen (secondary N) is 2. The molecule has 0 bridgehead atoms. The average Bonchev–Trinajstić information content (AvgIpc) is 2.76. The lowest BCUT2D eigenvalue weighted by atomic mass is 9.95. The molecule has 2 atom stereocenters. The zero-order chi connectivity index (χ0) is 24.1. The molecule has 2 N–H and O–H groups in total. The van der Waals surface area contributed by atoms with E-state index in [0.29, 0.717) is 13.1 Å². The average molecular weight is 481 g/mol. The highest BCUT2D eigenvalue weighted by Crippen LogP contribution is 2.25. The molecule has 32 heavy (non-hydrogen) atoms. The fourth-order valence-corrected chi connectivity index (χ4v) is 4.69. The molecule has 0 amide bonds. The third-order valence-corrected chi connectivity index (χ3v) is 9.34. The van der Waals surface area contributed by atoms with Crippen LogP contribution >= 0.6 is 0 Å². The third kappa shape index (κ3) is 7.13. The number of hydrogen-bond donors (Lipinski definition) is 2. The van der Waals surface area contributed by atoms with Crippen molar-refractivity contribution in [3.8, 4) is 11.1 Å². The molecule has 0 saturated heterocycles. The second kappa shape index (κ2) is 10.9. The van der Waals surface area contributed by atoms with Gasteiger partial charge in [0.15, 0.2) is 0 Å². The van der Waals surface area contributed by atoms with Gasteiger partial charge in [-0.3, -0.25) is 0 Å². The van der Waals surface area contributed by atoms with Crippen LogP contribution in [0.3, 0.4) is 0 Å². The Morgan fingerprint density at radius 3 is 1.09 bits per heavy atom. The molecule has 0 heterocycles. The van der Waals surface area contributed by atoms with Crippen molar-refractivity contribution in [1.29, 1.82) is 0 Å². The van der Waals surface area contributed by atoms with Gasteiger partial charge in [-0.25, -0.2) is 26.3 Å². The van der Waals surface area contributed by atoms with Crippen LogP contribution in [-0.4, -0.2) is 40.4 Å². The molecule has 178 valence electrons. The number of hydrogen-bond acceptors (Lipinski definition) is 4. The lowest BCUT2D eigenvalue weighted by Crippen LogP contribution is -2.33. The van der Waals surface area contributed by atoms with Gasteiger partial charge < -0.3 is 0 Å². The summed E-state index contributed by atoms with van der Waals surface area (Å²) in [5.74, 6) is 0.130. The number of sulfonamides is 2. The maximum Gasteiger partial charge on any atom is 0.213 e. The van der Waals surface area contributed by atoms with Gasteiger partial charge in [0.1, 0.15) is 0 Å². The molecule has 0 aliphatic carbocycles. The van der Waals surface area contributed by atoms with Crippen LogP contribution in [0.25, 0.3) is 11.1 Å². The highest BCUT2D eigenvalue weighted by molar-refractivity contribution is 7.90. The van der Waals surface area contributed by atoms with E-state index < -0.39 is 30.5 Å². The molecule has 2 aromatic rings. The molecule has 0 radical (unpaired) electrons. The Morgan fingerprint density at radius 2 is 0.844 bits per heavy atom. The van der Waals surface area contributed by atoms with Crippen molar-refractivity contribution in [2.75, 3.05) is 13.1 Å². The SMILES string of the molecule is CC(C)S(=O)(=O)NC[C@H](C)c1ccc(-c2ccc([C@@H](C)CNS(=O)(=O)C(C)C)cc2)cc1. The number of benzene rings is 2. The van der Waals surface area contributed by atoms with Crippen LogP contribution in [0.4, 0.5) is 0 Å². The van der Waals surface area contributed by atoms with E-state index in [2.05, 4.69) is 9.44 Å². The van der Waals surface area contributed by atoms with Crippen molar-refractivity contribution in [2.24, 2.45) is 0 Å². The summed E-state index contributed by atoms with van der Waals surface area (Å²) in [6.07, 6.45) is 0. The van der Waals surface area contributed by atoms with Gasteiger partial charge in [0.25, 0.3) is 0 Å². The van der Waals surface area contributed by atoms with Gasteiger partial charge in [-0.1, -0.05) is 62.4 Å². The highest BCUT2D eigenvalue weighted by atomic mass is 32.2. The topological polar surface area (TPSA) is 92.3 Å². The van der Waals surface area contributed by atoms with Gasteiger partial charge >= 0.3 is 0 Å². The minimum absolute atomic E-state index is 0.0652. The van der Waals surface area contributed by atoms with Crippen LogP contribution in [0.2, 0.25) is 0 Å². The number of rotatable bonds is 11. The van der Waals surface area contributed by atoms with Crippen LogP contribution in [-0.2, 0) is 20.0 Å². The summed E-state index contributed by atoms with van der Waals surface area (Å²) in [7, 11) is -6.54. The summed E-state index contributed by atoms with van der Waals surface area (Å²) < 4.78 is 53.2. The molecule has 0 aromatic heterocycles.